The van der Waals surface area contributed by atoms with Crippen LogP contribution >= 0.6 is 0 Å². The summed E-state index contributed by atoms with van der Waals surface area (Å²) in [5.74, 6) is 0.262. The molecule has 2 aromatic heterocycles. The molecule has 35 heavy (non-hydrogen) atoms. The van der Waals surface area contributed by atoms with E-state index >= 15 is 0 Å². The van der Waals surface area contributed by atoms with Crippen LogP contribution in [0, 0.1) is 17.1 Å². The summed E-state index contributed by atoms with van der Waals surface area (Å²) < 4.78 is 21.7. The lowest BCUT2D eigenvalue weighted by Crippen LogP contribution is -2.43. The number of benzene rings is 2. The lowest BCUT2D eigenvalue weighted by atomic mass is 9.99. The zero-order valence-electron chi connectivity index (χ0n) is 19.3. The third-order valence-electron chi connectivity index (χ3n) is 6.11. The Hall–Kier alpha value is -4.22. The van der Waals surface area contributed by atoms with Gasteiger partial charge in [-0.05, 0) is 54.4 Å². The van der Waals surface area contributed by atoms with E-state index in [1.807, 2.05) is 43.6 Å². The van der Waals surface area contributed by atoms with Gasteiger partial charge in [0.15, 0.2) is 0 Å². The minimum absolute atomic E-state index is 0.172. The molecule has 5 rings (SSSR count). The van der Waals surface area contributed by atoms with Gasteiger partial charge < -0.3 is 15.4 Å². The summed E-state index contributed by atoms with van der Waals surface area (Å²) in [6.07, 6.45) is 6.07. The second-order valence-electron chi connectivity index (χ2n) is 8.56. The van der Waals surface area contributed by atoms with Gasteiger partial charge in [-0.1, -0.05) is 24.3 Å². The van der Waals surface area contributed by atoms with E-state index in [0.29, 0.717) is 24.5 Å². The molecule has 0 unspecified atom stereocenters. The molecule has 0 saturated heterocycles. The Morgan fingerprint density at radius 3 is 2.69 bits per heavy atom. The van der Waals surface area contributed by atoms with Gasteiger partial charge in [0.05, 0.1) is 36.1 Å². The van der Waals surface area contributed by atoms with Gasteiger partial charge in [0, 0.05) is 30.6 Å². The number of nitrogens with one attached hydrogen (secondary N) is 2. The molecule has 1 aliphatic rings. The molecule has 0 saturated carbocycles. The molecule has 0 radical (unpaired) electrons. The van der Waals surface area contributed by atoms with Crippen molar-refractivity contribution in [3.8, 4) is 23.1 Å². The van der Waals surface area contributed by atoms with Gasteiger partial charge in [0.2, 0.25) is 5.88 Å². The molecule has 4 aromatic rings. The summed E-state index contributed by atoms with van der Waals surface area (Å²) in [4.78, 5) is 4.55. The minimum Gasteiger partial charge on any atom is -0.469 e. The van der Waals surface area contributed by atoms with E-state index in [2.05, 4.69) is 26.8 Å². The number of halogens is 1. The molecule has 0 aliphatic carbocycles. The number of nitrogens with zero attached hydrogens (tertiary/aromatic N) is 4. The SMILES string of the molecule is Cn1cc(-c2cnc3c(c2)NC[C@H]([C@@H](NCCc2ccc(C#N)cc2)c2ccc(F)cc2)O3)cn1. The average molecular weight is 469 g/mol. The number of anilines is 1. The van der Waals surface area contributed by atoms with Crippen molar-refractivity contribution in [2.24, 2.45) is 7.05 Å². The Morgan fingerprint density at radius 2 is 1.97 bits per heavy atom. The lowest BCUT2D eigenvalue weighted by molar-refractivity contribution is 0.150. The largest absolute Gasteiger partial charge is 0.469 e. The molecule has 0 fully saturated rings. The highest BCUT2D eigenvalue weighted by molar-refractivity contribution is 5.69. The average Bonchev–Trinajstić information content (AvgIpc) is 3.33. The smallest absolute Gasteiger partial charge is 0.237 e. The van der Waals surface area contributed by atoms with Crippen LogP contribution in [0.25, 0.3) is 11.1 Å². The van der Waals surface area contributed by atoms with Crippen molar-refractivity contribution in [2.45, 2.75) is 18.6 Å². The van der Waals surface area contributed by atoms with E-state index < -0.39 is 0 Å². The van der Waals surface area contributed by atoms with Crippen LogP contribution in [0.5, 0.6) is 5.88 Å². The summed E-state index contributed by atoms with van der Waals surface area (Å²) in [5, 5.41) is 20.3. The Balaban J connectivity index is 1.32. The molecule has 3 heterocycles. The maximum atomic E-state index is 13.6. The zero-order valence-corrected chi connectivity index (χ0v) is 19.3. The molecule has 2 N–H and O–H groups in total. The van der Waals surface area contributed by atoms with Crippen LogP contribution in [-0.4, -0.2) is 34.0 Å². The van der Waals surface area contributed by atoms with Crippen molar-refractivity contribution < 1.29 is 9.13 Å². The minimum atomic E-state index is -0.275. The fourth-order valence-electron chi connectivity index (χ4n) is 4.23. The third-order valence-corrected chi connectivity index (χ3v) is 6.11. The van der Waals surface area contributed by atoms with Crippen LogP contribution in [0.2, 0.25) is 0 Å². The molecule has 7 nitrogen and oxygen atoms in total. The topological polar surface area (TPSA) is 87.8 Å². The number of nitriles is 1. The molecule has 8 heteroatoms. The van der Waals surface area contributed by atoms with Gasteiger partial charge in [0.25, 0.3) is 0 Å². The first-order chi connectivity index (χ1) is 17.1. The molecule has 0 bridgehead atoms. The molecule has 176 valence electrons. The summed E-state index contributed by atoms with van der Waals surface area (Å²) in [5.41, 5.74) is 5.49. The lowest BCUT2D eigenvalue weighted by Gasteiger charge is -2.33. The number of rotatable bonds is 7. The van der Waals surface area contributed by atoms with Crippen LogP contribution in [0.15, 0.2) is 73.2 Å². The summed E-state index contributed by atoms with van der Waals surface area (Å²) >= 11 is 0. The van der Waals surface area contributed by atoms with Gasteiger partial charge in [-0.15, -0.1) is 0 Å². The van der Waals surface area contributed by atoms with E-state index in [0.717, 1.165) is 34.4 Å². The number of pyridine rings is 1. The second-order valence-corrected chi connectivity index (χ2v) is 8.56. The molecule has 2 atom stereocenters. The molecule has 0 spiro atoms. The van der Waals surface area contributed by atoms with Gasteiger partial charge in [-0.2, -0.15) is 10.4 Å². The van der Waals surface area contributed by atoms with Crippen molar-refractivity contribution >= 4 is 5.69 Å². The number of hydrogen-bond acceptors (Lipinski definition) is 6. The number of aromatic nitrogens is 3. The molecule has 1 aliphatic heterocycles. The maximum Gasteiger partial charge on any atom is 0.237 e. The number of ether oxygens (including phenoxy) is 1. The van der Waals surface area contributed by atoms with Crippen LogP contribution in [-0.2, 0) is 13.5 Å². The van der Waals surface area contributed by atoms with Gasteiger partial charge in [-0.25, -0.2) is 9.37 Å². The Kier molecular flexibility index (Phi) is 6.42. The van der Waals surface area contributed by atoms with E-state index in [-0.39, 0.29) is 18.0 Å². The fraction of sp³-hybridized carbons (Fsp3) is 0.222. The van der Waals surface area contributed by atoms with Crippen molar-refractivity contribution in [1.82, 2.24) is 20.1 Å². The maximum absolute atomic E-state index is 13.6. The summed E-state index contributed by atoms with van der Waals surface area (Å²) in [7, 11) is 1.88. The van der Waals surface area contributed by atoms with Crippen LogP contribution in [0.1, 0.15) is 22.7 Å². The molecule has 0 amide bonds. The molecular formula is C27H25FN6O. The number of hydrogen-bond donors (Lipinski definition) is 2. The van der Waals surface area contributed by atoms with E-state index in [1.165, 1.54) is 12.1 Å². The first-order valence-electron chi connectivity index (χ1n) is 11.5. The predicted molar refractivity (Wildman–Crippen MR) is 131 cm³/mol. The van der Waals surface area contributed by atoms with Crippen LogP contribution < -0.4 is 15.4 Å². The van der Waals surface area contributed by atoms with Crippen molar-refractivity contribution in [2.75, 3.05) is 18.4 Å². The highest BCUT2D eigenvalue weighted by Gasteiger charge is 2.29. The van der Waals surface area contributed by atoms with Crippen molar-refractivity contribution in [3.05, 3.63) is 95.7 Å². The van der Waals surface area contributed by atoms with E-state index in [1.54, 1.807) is 29.2 Å². The number of fused-ring (bicyclic) bond motifs is 1. The van der Waals surface area contributed by atoms with Gasteiger partial charge in [-0.3, -0.25) is 4.68 Å². The quantitative estimate of drug-likeness (QED) is 0.422. The first-order valence-corrected chi connectivity index (χ1v) is 11.5. The van der Waals surface area contributed by atoms with Crippen molar-refractivity contribution in [3.63, 3.8) is 0 Å². The third kappa shape index (κ3) is 5.15. The van der Waals surface area contributed by atoms with E-state index in [9.17, 15) is 4.39 Å². The highest BCUT2D eigenvalue weighted by atomic mass is 19.1. The van der Waals surface area contributed by atoms with E-state index in [4.69, 9.17) is 10.00 Å². The first kappa shape index (κ1) is 22.6. The summed E-state index contributed by atoms with van der Waals surface area (Å²) in [6.45, 7) is 1.26. The predicted octanol–water partition coefficient (Wildman–Crippen LogP) is 4.24. The molecular weight excluding hydrogens is 443 g/mol. The Morgan fingerprint density at radius 1 is 1.17 bits per heavy atom. The number of aryl methyl sites for hydroxylation is 1. The Bertz CT molecular complexity index is 1340. The normalized spacial score (nSPS) is 15.4. The second kappa shape index (κ2) is 9.95. The monoisotopic (exact) mass is 468 g/mol. The molecule has 2 aromatic carbocycles. The Labute approximate surface area is 203 Å². The van der Waals surface area contributed by atoms with Crippen LogP contribution in [0.4, 0.5) is 10.1 Å². The van der Waals surface area contributed by atoms with Crippen LogP contribution in [0.3, 0.4) is 0 Å². The summed E-state index contributed by atoms with van der Waals surface area (Å²) in [6, 6.07) is 18.1. The highest BCUT2D eigenvalue weighted by Crippen LogP contribution is 2.34. The fourth-order valence-corrected chi connectivity index (χ4v) is 4.23. The van der Waals surface area contributed by atoms with Gasteiger partial charge >= 0.3 is 0 Å². The zero-order chi connectivity index (χ0) is 24.2. The van der Waals surface area contributed by atoms with Gasteiger partial charge in [0.1, 0.15) is 11.9 Å². The van der Waals surface area contributed by atoms with Crippen molar-refractivity contribution in [1.29, 1.82) is 5.26 Å². The standard InChI is InChI=1S/C27H25FN6O/c1-34-17-22(15-33-34)21-12-24-27(32-14-21)35-25(16-31-24)26(20-6-8-23(28)9-7-20)30-11-10-18-2-4-19(13-29)5-3-18/h2-9,12,14-15,17,25-26,30-31H,10-11,16H2,1H3/t25-,26+/m1/s1.